The Morgan fingerprint density at radius 2 is 1.90 bits per heavy atom. The number of nitrogens with two attached hydrogens (primary N) is 1. The van der Waals surface area contributed by atoms with E-state index in [4.69, 9.17) is 18.0 Å². The minimum atomic E-state index is 0.159. The van der Waals surface area contributed by atoms with E-state index in [-0.39, 0.29) is 5.91 Å². The Morgan fingerprint density at radius 3 is 2.52 bits per heavy atom. The average molecular weight is 322 g/mol. The van der Waals surface area contributed by atoms with Crippen LogP contribution in [0.25, 0.3) is 0 Å². The monoisotopic (exact) mass is 322 g/mol. The van der Waals surface area contributed by atoms with E-state index in [1.807, 2.05) is 24.3 Å². The minimum absolute atomic E-state index is 0.159. The van der Waals surface area contributed by atoms with Gasteiger partial charge in [0.1, 0.15) is 4.99 Å². The number of thioether (sulfide) groups is 1. The third-order valence-corrected chi connectivity index (χ3v) is 4.95. The summed E-state index contributed by atoms with van der Waals surface area (Å²) >= 11 is 6.57. The summed E-state index contributed by atoms with van der Waals surface area (Å²) in [5, 5.41) is 3.14. The fraction of sp³-hybridized carbons (Fsp3) is 0.500. The first-order chi connectivity index (χ1) is 10.1. The molecular formula is C16H22N2OS2. The van der Waals surface area contributed by atoms with Gasteiger partial charge in [0.2, 0.25) is 5.91 Å². The van der Waals surface area contributed by atoms with E-state index in [1.54, 1.807) is 11.8 Å². The van der Waals surface area contributed by atoms with Crippen molar-refractivity contribution in [2.24, 2.45) is 5.73 Å². The normalized spacial score (nSPS) is 15.6. The lowest BCUT2D eigenvalue weighted by atomic mass is 9.95. The second kappa shape index (κ2) is 8.39. The molecule has 1 aromatic carbocycles. The van der Waals surface area contributed by atoms with Gasteiger partial charge in [-0.15, -0.1) is 11.8 Å². The molecule has 1 amide bonds. The number of benzene rings is 1. The van der Waals surface area contributed by atoms with Gasteiger partial charge >= 0.3 is 0 Å². The molecule has 0 atom stereocenters. The van der Waals surface area contributed by atoms with Gasteiger partial charge in [-0.3, -0.25) is 4.79 Å². The van der Waals surface area contributed by atoms with Crippen LogP contribution in [0.3, 0.4) is 0 Å². The zero-order chi connectivity index (χ0) is 15.1. The number of hydrogen-bond acceptors (Lipinski definition) is 3. The lowest BCUT2D eigenvalue weighted by Crippen LogP contribution is -2.37. The number of nitrogens with one attached hydrogen (secondary N) is 1. The molecule has 1 aliphatic carbocycles. The van der Waals surface area contributed by atoms with Crippen LogP contribution in [0.4, 0.5) is 0 Å². The molecule has 0 spiro atoms. The van der Waals surface area contributed by atoms with Gasteiger partial charge in [0.05, 0.1) is 5.75 Å². The van der Waals surface area contributed by atoms with Gasteiger partial charge in [0.25, 0.3) is 0 Å². The summed E-state index contributed by atoms with van der Waals surface area (Å²) in [6, 6.07) is 8.29. The maximum absolute atomic E-state index is 11.9. The molecule has 21 heavy (non-hydrogen) atoms. The minimum Gasteiger partial charge on any atom is -0.389 e. The molecule has 114 valence electrons. The average Bonchev–Trinajstić information content (AvgIpc) is 2.49. The van der Waals surface area contributed by atoms with Crippen LogP contribution >= 0.6 is 24.0 Å². The third kappa shape index (κ3) is 5.67. The summed E-state index contributed by atoms with van der Waals surface area (Å²) in [6.45, 7) is 0. The number of thiocarbonyl (C=S) groups is 1. The van der Waals surface area contributed by atoms with Gasteiger partial charge < -0.3 is 11.1 Å². The van der Waals surface area contributed by atoms with Crippen molar-refractivity contribution in [1.82, 2.24) is 5.32 Å². The summed E-state index contributed by atoms with van der Waals surface area (Å²) < 4.78 is 0. The van der Waals surface area contributed by atoms with Crippen LogP contribution in [0.15, 0.2) is 24.3 Å². The summed E-state index contributed by atoms with van der Waals surface area (Å²) in [6.07, 6.45) is 6.07. The van der Waals surface area contributed by atoms with Crippen molar-refractivity contribution in [1.29, 1.82) is 0 Å². The zero-order valence-electron chi connectivity index (χ0n) is 12.1. The van der Waals surface area contributed by atoms with Crippen LogP contribution in [-0.2, 0) is 10.5 Å². The maximum Gasteiger partial charge on any atom is 0.230 e. The van der Waals surface area contributed by atoms with Crippen molar-refractivity contribution < 1.29 is 4.79 Å². The summed E-state index contributed by atoms with van der Waals surface area (Å²) in [5.41, 5.74) is 7.63. The molecule has 1 aromatic rings. The number of hydrogen-bond donors (Lipinski definition) is 2. The van der Waals surface area contributed by atoms with Crippen LogP contribution in [0.2, 0.25) is 0 Å². The lowest BCUT2D eigenvalue weighted by Gasteiger charge is -2.22. The van der Waals surface area contributed by atoms with Crippen molar-refractivity contribution in [2.75, 3.05) is 5.75 Å². The van der Waals surface area contributed by atoms with Crippen LogP contribution in [0.1, 0.15) is 43.2 Å². The van der Waals surface area contributed by atoms with Gasteiger partial charge in [-0.05, 0) is 18.4 Å². The van der Waals surface area contributed by atoms with Gasteiger partial charge in [0, 0.05) is 17.4 Å². The molecule has 0 aromatic heterocycles. The Labute approximate surface area is 136 Å². The predicted molar refractivity (Wildman–Crippen MR) is 93.5 cm³/mol. The Bertz CT molecular complexity index is 482. The highest BCUT2D eigenvalue weighted by Crippen LogP contribution is 2.18. The highest BCUT2D eigenvalue weighted by molar-refractivity contribution is 7.99. The van der Waals surface area contributed by atoms with E-state index in [0.29, 0.717) is 16.8 Å². The molecule has 0 aliphatic heterocycles. The molecule has 0 radical (unpaired) electrons. The van der Waals surface area contributed by atoms with E-state index in [1.165, 1.54) is 24.8 Å². The molecule has 0 saturated heterocycles. The highest BCUT2D eigenvalue weighted by atomic mass is 32.2. The Kier molecular flexibility index (Phi) is 6.51. The first kappa shape index (κ1) is 16.3. The van der Waals surface area contributed by atoms with Crippen molar-refractivity contribution in [3.63, 3.8) is 0 Å². The molecule has 0 heterocycles. The Hall–Kier alpha value is -1.07. The summed E-state index contributed by atoms with van der Waals surface area (Å²) in [5.74, 6) is 1.51. The predicted octanol–water partition coefficient (Wildman–Crippen LogP) is 3.00. The SMILES string of the molecule is NC(=S)c1ccc(CSCC(=O)NC2CCCCC2)cc1. The molecular weight excluding hydrogens is 300 g/mol. The topological polar surface area (TPSA) is 55.1 Å². The quantitative estimate of drug-likeness (QED) is 0.791. The molecule has 1 saturated carbocycles. The Morgan fingerprint density at radius 1 is 1.24 bits per heavy atom. The molecule has 3 N–H and O–H groups in total. The van der Waals surface area contributed by atoms with Crippen LogP contribution in [-0.4, -0.2) is 22.7 Å². The number of rotatable bonds is 6. The first-order valence-corrected chi connectivity index (χ1v) is 8.97. The van der Waals surface area contributed by atoms with E-state index in [0.717, 1.165) is 24.2 Å². The van der Waals surface area contributed by atoms with Crippen LogP contribution < -0.4 is 11.1 Å². The number of carbonyl (C=O) groups excluding carboxylic acids is 1. The zero-order valence-corrected chi connectivity index (χ0v) is 13.8. The van der Waals surface area contributed by atoms with E-state index in [2.05, 4.69) is 5.32 Å². The fourth-order valence-electron chi connectivity index (χ4n) is 2.54. The van der Waals surface area contributed by atoms with E-state index in [9.17, 15) is 4.79 Å². The van der Waals surface area contributed by atoms with Crippen molar-refractivity contribution in [3.05, 3.63) is 35.4 Å². The van der Waals surface area contributed by atoms with Crippen LogP contribution in [0.5, 0.6) is 0 Å². The standard InChI is InChI=1S/C16H22N2OS2/c17-16(20)13-8-6-12(7-9-13)10-21-11-15(19)18-14-4-2-1-3-5-14/h6-9,14H,1-5,10-11H2,(H2,17,20)(H,18,19). The first-order valence-electron chi connectivity index (χ1n) is 7.41. The molecule has 5 heteroatoms. The van der Waals surface area contributed by atoms with E-state index >= 15 is 0 Å². The summed E-state index contributed by atoms with van der Waals surface area (Å²) in [7, 11) is 0. The maximum atomic E-state index is 11.9. The van der Waals surface area contributed by atoms with Gasteiger partial charge in [-0.2, -0.15) is 0 Å². The fourth-order valence-corrected chi connectivity index (χ4v) is 3.48. The molecule has 1 fully saturated rings. The largest absolute Gasteiger partial charge is 0.389 e. The Balaban J connectivity index is 1.68. The van der Waals surface area contributed by atoms with Gasteiger partial charge in [-0.1, -0.05) is 55.7 Å². The molecule has 0 bridgehead atoms. The third-order valence-electron chi connectivity index (χ3n) is 3.71. The van der Waals surface area contributed by atoms with Crippen molar-refractivity contribution in [2.45, 2.75) is 43.9 Å². The number of amides is 1. The molecule has 1 aliphatic rings. The van der Waals surface area contributed by atoms with Crippen LogP contribution in [0, 0.1) is 0 Å². The van der Waals surface area contributed by atoms with Gasteiger partial charge in [-0.25, -0.2) is 0 Å². The smallest absolute Gasteiger partial charge is 0.230 e. The molecule has 2 rings (SSSR count). The van der Waals surface area contributed by atoms with Gasteiger partial charge in [0.15, 0.2) is 0 Å². The van der Waals surface area contributed by atoms with E-state index < -0.39 is 0 Å². The molecule has 3 nitrogen and oxygen atoms in total. The highest BCUT2D eigenvalue weighted by Gasteiger charge is 2.15. The summed E-state index contributed by atoms with van der Waals surface area (Å²) in [4.78, 5) is 12.3. The number of carbonyl (C=O) groups is 1. The second-order valence-corrected chi connectivity index (χ2v) is 6.88. The van der Waals surface area contributed by atoms with Crippen molar-refractivity contribution >= 4 is 34.9 Å². The molecule has 0 unspecified atom stereocenters. The van der Waals surface area contributed by atoms with Crippen molar-refractivity contribution in [3.8, 4) is 0 Å². The second-order valence-electron chi connectivity index (χ2n) is 5.46. The lowest BCUT2D eigenvalue weighted by molar-refractivity contribution is -0.119.